The third-order valence-electron chi connectivity index (χ3n) is 4.75. The van der Waals surface area contributed by atoms with E-state index >= 15 is 0 Å². The fourth-order valence-electron chi connectivity index (χ4n) is 3.43. The number of allylic oxidation sites excluding steroid dienone is 1. The number of ether oxygens (including phenoxy) is 2. The molecule has 0 saturated carbocycles. The molecular weight excluding hydrogens is 516 g/mol. The quantitative estimate of drug-likeness (QED) is 0.380. The van der Waals surface area contributed by atoms with Gasteiger partial charge in [0.25, 0.3) is 5.56 Å². The first-order valence-corrected chi connectivity index (χ1v) is 11.9. The van der Waals surface area contributed by atoms with Crippen molar-refractivity contribution in [3.05, 3.63) is 81.6 Å². The van der Waals surface area contributed by atoms with E-state index in [2.05, 4.69) is 20.9 Å². The van der Waals surface area contributed by atoms with Gasteiger partial charge in [-0.25, -0.2) is 9.79 Å². The minimum atomic E-state index is -0.628. The lowest BCUT2D eigenvalue weighted by molar-refractivity contribution is -0.136. The van der Waals surface area contributed by atoms with Crippen LogP contribution in [0.5, 0.6) is 5.75 Å². The minimum Gasteiger partial charge on any atom is -0.466 e. The second kappa shape index (κ2) is 8.97. The molecular formula is C22H17BrN2O5S2. The summed E-state index contributed by atoms with van der Waals surface area (Å²) in [4.78, 5) is 43.4. The van der Waals surface area contributed by atoms with Crippen LogP contribution >= 0.6 is 38.6 Å². The summed E-state index contributed by atoms with van der Waals surface area (Å²) in [5, 5.41) is 1.89. The highest BCUT2D eigenvalue weighted by Crippen LogP contribution is 2.33. The van der Waals surface area contributed by atoms with Gasteiger partial charge in [-0.3, -0.25) is 14.2 Å². The van der Waals surface area contributed by atoms with E-state index in [-0.39, 0.29) is 5.56 Å². The highest BCUT2D eigenvalue weighted by molar-refractivity contribution is 9.10. The van der Waals surface area contributed by atoms with Crippen LogP contribution in [0, 0.1) is 0 Å². The van der Waals surface area contributed by atoms with E-state index in [0.29, 0.717) is 31.9 Å². The van der Waals surface area contributed by atoms with Crippen molar-refractivity contribution in [2.45, 2.75) is 19.9 Å². The monoisotopic (exact) mass is 532 g/mol. The molecule has 0 N–H and O–H groups in total. The van der Waals surface area contributed by atoms with Crippen molar-refractivity contribution in [1.29, 1.82) is 0 Å². The summed E-state index contributed by atoms with van der Waals surface area (Å²) in [6.07, 6.45) is 1.66. The molecule has 1 unspecified atom stereocenters. The second-order valence-corrected chi connectivity index (χ2v) is 9.77. The van der Waals surface area contributed by atoms with Crippen LogP contribution in [0.1, 0.15) is 30.3 Å². The SMILES string of the molecule is COC(=O)C1=C(C)N=c2s/c(=C/c3cc(Br)ccc3OC(C)=O)c(=O)n2C1c1cccs1. The molecule has 0 radical (unpaired) electrons. The number of rotatable bonds is 4. The predicted octanol–water partition coefficient (Wildman–Crippen LogP) is 3.16. The van der Waals surface area contributed by atoms with Crippen molar-refractivity contribution in [3.8, 4) is 5.75 Å². The third kappa shape index (κ3) is 4.13. The number of benzene rings is 1. The van der Waals surface area contributed by atoms with Gasteiger partial charge in [0, 0.05) is 21.8 Å². The summed E-state index contributed by atoms with van der Waals surface area (Å²) >= 11 is 6.07. The molecule has 0 amide bonds. The average Bonchev–Trinajstić information content (AvgIpc) is 3.37. The van der Waals surface area contributed by atoms with E-state index in [1.165, 1.54) is 41.3 Å². The van der Waals surface area contributed by atoms with Gasteiger partial charge in [0.1, 0.15) is 11.8 Å². The standard InChI is InChI=1S/C22H17BrN2O5S2/c1-11-18(21(28)29-3)19(16-5-4-8-31-16)25-20(27)17(32-22(25)24-11)10-13-9-14(23)6-7-15(13)30-12(2)26/h4-10,19H,1-3H3/b17-10+. The molecule has 3 aromatic rings. The normalized spacial score (nSPS) is 15.9. The largest absolute Gasteiger partial charge is 0.466 e. The van der Waals surface area contributed by atoms with Crippen molar-refractivity contribution in [1.82, 2.24) is 4.57 Å². The van der Waals surface area contributed by atoms with E-state index in [1.807, 2.05) is 17.5 Å². The van der Waals surface area contributed by atoms with Gasteiger partial charge in [-0.1, -0.05) is 33.3 Å². The highest BCUT2D eigenvalue weighted by Gasteiger charge is 2.33. The van der Waals surface area contributed by atoms with Crippen molar-refractivity contribution < 1.29 is 19.1 Å². The molecule has 164 valence electrons. The van der Waals surface area contributed by atoms with Crippen LogP contribution in [0.15, 0.2) is 61.2 Å². The zero-order chi connectivity index (χ0) is 23.0. The highest BCUT2D eigenvalue weighted by atomic mass is 79.9. The van der Waals surface area contributed by atoms with Crippen LogP contribution in [-0.4, -0.2) is 23.6 Å². The third-order valence-corrected chi connectivity index (χ3v) is 7.15. The Bertz CT molecular complexity index is 1430. The number of hydrogen-bond acceptors (Lipinski definition) is 8. The molecule has 0 fully saturated rings. The maximum absolute atomic E-state index is 13.5. The Kier molecular flexibility index (Phi) is 6.27. The molecule has 1 aliphatic heterocycles. The van der Waals surface area contributed by atoms with E-state index in [9.17, 15) is 14.4 Å². The summed E-state index contributed by atoms with van der Waals surface area (Å²) in [5.41, 5.74) is 1.11. The Hall–Kier alpha value is -2.82. The molecule has 0 bridgehead atoms. The Labute approximate surface area is 199 Å². The number of fused-ring (bicyclic) bond motifs is 1. The first kappa shape index (κ1) is 22.4. The summed E-state index contributed by atoms with van der Waals surface area (Å²) in [6, 6.07) is 8.28. The van der Waals surface area contributed by atoms with Gasteiger partial charge < -0.3 is 9.47 Å². The predicted molar refractivity (Wildman–Crippen MR) is 126 cm³/mol. The van der Waals surface area contributed by atoms with Crippen molar-refractivity contribution >= 4 is 56.6 Å². The summed E-state index contributed by atoms with van der Waals surface area (Å²) in [6.45, 7) is 3.05. The number of hydrogen-bond donors (Lipinski definition) is 0. The molecule has 0 aliphatic carbocycles. The summed E-state index contributed by atoms with van der Waals surface area (Å²) in [5.74, 6) is -0.643. The maximum atomic E-state index is 13.5. The van der Waals surface area contributed by atoms with Gasteiger partial charge in [-0.05, 0) is 42.6 Å². The zero-order valence-corrected chi connectivity index (χ0v) is 20.5. The summed E-state index contributed by atoms with van der Waals surface area (Å²) < 4.78 is 13.0. The topological polar surface area (TPSA) is 87.0 Å². The molecule has 0 spiro atoms. The number of carbonyl (C=O) groups excluding carboxylic acids is 2. The molecule has 10 heteroatoms. The average molecular weight is 533 g/mol. The number of thiophene rings is 1. The first-order valence-electron chi connectivity index (χ1n) is 9.42. The van der Waals surface area contributed by atoms with Crippen molar-refractivity contribution in [2.24, 2.45) is 4.99 Å². The number of carbonyl (C=O) groups is 2. The Morgan fingerprint density at radius 3 is 2.72 bits per heavy atom. The molecule has 2 aromatic heterocycles. The fraction of sp³-hybridized carbons (Fsp3) is 0.182. The molecule has 1 aliphatic rings. The van der Waals surface area contributed by atoms with Gasteiger partial charge in [0.15, 0.2) is 4.80 Å². The van der Waals surface area contributed by atoms with E-state index in [4.69, 9.17) is 9.47 Å². The smallest absolute Gasteiger partial charge is 0.338 e. The lowest BCUT2D eigenvalue weighted by Crippen LogP contribution is -2.39. The minimum absolute atomic E-state index is 0.296. The molecule has 3 heterocycles. The van der Waals surface area contributed by atoms with Gasteiger partial charge >= 0.3 is 11.9 Å². The van der Waals surface area contributed by atoms with E-state index < -0.39 is 18.0 Å². The number of thiazole rings is 1. The van der Waals surface area contributed by atoms with Gasteiger partial charge in [0.2, 0.25) is 0 Å². The van der Waals surface area contributed by atoms with Crippen LogP contribution < -0.4 is 19.6 Å². The number of nitrogens with zero attached hydrogens (tertiary/aromatic N) is 2. The Balaban J connectivity index is 1.96. The number of esters is 2. The van der Waals surface area contributed by atoms with Crippen LogP contribution in [0.25, 0.3) is 6.08 Å². The first-order chi connectivity index (χ1) is 15.3. The van der Waals surface area contributed by atoms with E-state index in [0.717, 1.165) is 9.35 Å². The molecule has 4 rings (SSSR count). The summed E-state index contributed by atoms with van der Waals surface area (Å²) in [7, 11) is 1.31. The molecule has 1 aromatic carbocycles. The Morgan fingerprint density at radius 2 is 2.06 bits per heavy atom. The van der Waals surface area contributed by atoms with Crippen LogP contribution in [0.3, 0.4) is 0 Å². The number of halogens is 1. The van der Waals surface area contributed by atoms with Gasteiger partial charge in [0.05, 0.1) is 22.9 Å². The van der Waals surface area contributed by atoms with Gasteiger partial charge in [-0.2, -0.15) is 0 Å². The van der Waals surface area contributed by atoms with Crippen molar-refractivity contribution in [3.63, 3.8) is 0 Å². The van der Waals surface area contributed by atoms with Gasteiger partial charge in [-0.15, -0.1) is 11.3 Å². The van der Waals surface area contributed by atoms with Crippen LogP contribution in [-0.2, 0) is 14.3 Å². The lowest BCUT2D eigenvalue weighted by Gasteiger charge is -2.22. The second-order valence-electron chi connectivity index (χ2n) is 6.86. The lowest BCUT2D eigenvalue weighted by atomic mass is 10.0. The number of aromatic nitrogens is 1. The molecule has 7 nitrogen and oxygen atoms in total. The maximum Gasteiger partial charge on any atom is 0.338 e. The number of methoxy groups -OCH3 is 1. The zero-order valence-electron chi connectivity index (χ0n) is 17.2. The molecule has 0 saturated heterocycles. The molecule has 1 atom stereocenters. The Morgan fingerprint density at radius 1 is 1.28 bits per heavy atom. The fourth-order valence-corrected chi connectivity index (χ4v) is 5.67. The van der Waals surface area contributed by atoms with Crippen molar-refractivity contribution in [2.75, 3.05) is 7.11 Å². The van der Waals surface area contributed by atoms with Crippen LogP contribution in [0.2, 0.25) is 0 Å². The van der Waals surface area contributed by atoms with Crippen LogP contribution in [0.4, 0.5) is 0 Å². The van der Waals surface area contributed by atoms with E-state index in [1.54, 1.807) is 31.2 Å². The molecule has 32 heavy (non-hydrogen) atoms.